The van der Waals surface area contributed by atoms with Crippen LogP contribution in [-0.2, 0) is 6.42 Å². The first-order valence-electron chi connectivity index (χ1n) is 6.35. The zero-order valence-corrected chi connectivity index (χ0v) is 10.5. The molecule has 0 radical (unpaired) electrons. The molecular formula is C17H18N2O. The molecule has 3 aromatic rings. The number of carbonyl (C=O) groups is 1. The molecule has 102 valence electrons. The van der Waals surface area contributed by atoms with Crippen LogP contribution in [0.3, 0.4) is 0 Å². The van der Waals surface area contributed by atoms with Crippen molar-refractivity contribution in [3.05, 3.63) is 66.0 Å². The Morgan fingerprint density at radius 1 is 1.00 bits per heavy atom. The molecule has 0 atom stereocenters. The van der Waals surface area contributed by atoms with E-state index in [-0.39, 0.29) is 13.2 Å². The minimum absolute atomic E-state index is 0. The van der Waals surface area contributed by atoms with Gasteiger partial charge in [0.2, 0.25) is 0 Å². The van der Waals surface area contributed by atoms with Gasteiger partial charge in [-0.1, -0.05) is 49.9 Å². The van der Waals surface area contributed by atoms with Gasteiger partial charge >= 0.3 is 0 Å². The monoisotopic (exact) mass is 266 g/mol. The van der Waals surface area contributed by atoms with E-state index in [0.29, 0.717) is 12.8 Å². The Balaban J connectivity index is 0.00000147. The van der Waals surface area contributed by atoms with Crippen LogP contribution in [0.4, 0.5) is 0 Å². The fourth-order valence-corrected chi connectivity index (χ4v) is 2.12. The Morgan fingerprint density at radius 3 is 2.45 bits per heavy atom. The second-order valence-electron chi connectivity index (χ2n) is 4.49. The number of rotatable bonds is 4. The lowest BCUT2D eigenvalue weighted by molar-refractivity contribution is 0.0982. The second-order valence-corrected chi connectivity index (χ2v) is 4.49. The SMILES string of the molecule is C.O=C(CCc1nc2ccccc2[nH]1)c1ccccc1. The number of nitrogens with one attached hydrogen (secondary N) is 1. The van der Waals surface area contributed by atoms with E-state index in [1.807, 2.05) is 54.6 Å². The van der Waals surface area contributed by atoms with Gasteiger partial charge in [-0.2, -0.15) is 0 Å². The third kappa shape index (κ3) is 2.94. The Bertz CT molecular complexity index is 668. The Hall–Kier alpha value is -2.42. The molecular weight excluding hydrogens is 248 g/mol. The minimum Gasteiger partial charge on any atom is -0.342 e. The fraction of sp³-hybridized carbons (Fsp3) is 0.176. The van der Waals surface area contributed by atoms with Crippen LogP contribution < -0.4 is 0 Å². The minimum atomic E-state index is 0. The smallest absolute Gasteiger partial charge is 0.163 e. The van der Waals surface area contributed by atoms with E-state index in [1.54, 1.807) is 0 Å². The summed E-state index contributed by atoms with van der Waals surface area (Å²) < 4.78 is 0. The van der Waals surface area contributed by atoms with E-state index in [2.05, 4.69) is 9.97 Å². The first-order valence-corrected chi connectivity index (χ1v) is 6.35. The van der Waals surface area contributed by atoms with E-state index < -0.39 is 0 Å². The highest BCUT2D eigenvalue weighted by Gasteiger charge is 2.07. The van der Waals surface area contributed by atoms with Crippen molar-refractivity contribution in [3.63, 3.8) is 0 Å². The van der Waals surface area contributed by atoms with Gasteiger partial charge in [0.1, 0.15) is 5.82 Å². The lowest BCUT2D eigenvalue weighted by atomic mass is 10.1. The number of fused-ring (bicyclic) bond motifs is 1. The predicted octanol–water partition coefficient (Wildman–Crippen LogP) is 4.01. The van der Waals surface area contributed by atoms with Crippen molar-refractivity contribution < 1.29 is 4.79 Å². The highest BCUT2D eigenvalue weighted by Crippen LogP contribution is 2.12. The van der Waals surface area contributed by atoms with Crippen molar-refractivity contribution in [1.29, 1.82) is 0 Å². The number of hydrogen-bond donors (Lipinski definition) is 1. The van der Waals surface area contributed by atoms with E-state index in [4.69, 9.17) is 0 Å². The number of aromatic nitrogens is 2. The standard InChI is InChI=1S/C16H14N2O.CH4/c19-15(12-6-2-1-3-7-12)10-11-16-17-13-8-4-5-9-14(13)18-16;/h1-9H,10-11H2,(H,17,18);1H4. The van der Waals surface area contributed by atoms with Crippen LogP contribution in [0.1, 0.15) is 30.0 Å². The second kappa shape index (κ2) is 6.15. The van der Waals surface area contributed by atoms with Gasteiger partial charge < -0.3 is 4.98 Å². The number of nitrogens with zero attached hydrogens (tertiary/aromatic N) is 1. The summed E-state index contributed by atoms with van der Waals surface area (Å²) in [7, 11) is 0. The predicted molar refractivity (Wildman–Crippen MR) is 81.9 cm³/mol. The molecule has 0 aliphatic rings. The van der Waals surface area contributed by atoms with E-state index in [9.17, 15) is 4.79 Å². The molecule has 2 aromatic carbocycles. The van der Waals surface area contributed by atoms with Gasteiger partial charge in [0.05, 0.1) is 11.0 Å². The van der Waals surface area contributed by atoms with E-state index in [0.717, 1.165) is 22.4 Å². The van der Waals surface area contributed by atoms with Crippen LogP contribution in [0.2, 0.25) is 0 Å². The summed E-state index contributed by atoms with van der Waals surface area (Å²) in [4.78, 5) is 19.7. The molecule has 1 heterocycles. The van der Waals surface area contributed by atoms with Crippen LogP contribution >= 0.6 is 0 Å². The molecule has 3 nitrogen and oxygen atoms in total. The maximum absolute atomic E-state index is 12.0. The number of H-pyrrole nitrogens is 1. The summed E-state index contributed by atoms with van der Waals surface area (Å²) in [6.07, 6.45) is 1.12. The summed E-state index contributed by atoms with van der Waals surface area (Å²) in [5, 5.41) is 0. The zero-order chi connectivity index (χ0) is 13.1. The van der Waals surface area contributed by atoms with Crippen LogP contribution in [0, 0.1) is 0 Å². The van der Waals surface area contributed by atoms with E-state index >= 15 is 0 Å². The summed E-state index contributed by atoms with van der Waals surface area (Å²) in [6.45, 7) is 0. The molecule has 0 aliphatic carbocycles. The third-order valence-electron chi connectivity index (χ3n) is 3.12. The van der Waals surface area contributed by atoms with Crippen molar-refractivity contribution in [2.75, 3.05) is 0 Å². The summed E-state index contributed by atoms with van der Waals surface area (Å²) in [5.41, 5.74) is 2.73. The Labute approximate surface area is 118 Å². The lowest BCUT2D eigenvalue weighted by Crippen LogP contribution is -2.01. The van der Waals surface area contributed by atoms with Gasteiger partial charge in [0, 0.05) is 18.4 Å². The maximum Gasteiger partial charge on any atom is 0.163 e. The molecule has 20 heavy (non-hydrogen) atoms. The molecule has 0 bridgehead atoms. The van der Waals surface area contributed by atoms with Crippen LogP contribution in [0.25, 0.3) is 11.0 Å². The average Bonchev–Trinajstić information content (AvgIpc) is 2.88. The number of para-hydroxylation sites is 2. The Morgan fingerprint density at radius 2 is 1.70 bits per heavy atom. The van der Waals surface area contributed by atoms with Gasteiger partial charge in [-0.25, -0.2) is 4.98 Å². The number of benzene rings is 2. The largest absolute Gasteiger partial charge is 0.342 e. The van der Waals surface area contributed by atoms with Crippen molar-refractivity contribution in [3.8, 4) is 0 Å². The van der Waals surface area contributed by atoms with Crippen molar-refractivity contribution in [2.45, 2.75) is 20.3 Å². The average molecular weight is 266 g/mol. The van der Waals surface area contributed by atoms with Crippen molar-refractivity contribution in [1.82, 2.24) is 9.97 Å². The van der Waals surface area contributed by atoms with Gasteiger partial charge in [-0.15, -0.1) is 0 Å². The molecule has 0 unspecified atom stereocenters. The van der Waals surface area contributed by atoms with Crippen LogP contribution in [0.5, 0.6) is 0 Å². The maximum atomic E-state index is 12.0. The number of aryl methyl sites for hydroxylation is 1. The van der Waals surface area contributed by atoms with Gasteiger partial charge in [0.25, 0.3) is 0 Å². The van der Waals surface area contributed by atoms with Crippen LogP contribution in [0.15, 0.2) is 54.6 Å². The molecule has 0 amide bonds. The number of hydrogen-bond acceptors (Lipinski definition) is 2. The topological polar surface area (TPSA) is 45.8 Å². The summed E-state index contributed by atoms with van der Waals surface area (Å²) in [5.74, 6) is 1.02. The third-order valence-corrected chi connectivity index (χ3v) is 3.12. The number of ketones is 1. The molecule has 0 aliphatic heterocycles. The molecule has 1 N–H and O–H groups in total. The molecule has 0 fully saturated rings. The number of Topliss-reactive ketones (excluding diaryl/α,β-unsaturated/α-hetero) is 1. The molecule has 3 rings (SSSR count). The zero-order valence-electron chi connectivity index (χ0n) is 10.5. The van der Waals surface area contributed by atoms with Gasteiger partial charge in [0.15, 0.2) is 5.78 Å². The lowest BCUT2D eigenvalue weighted by Gasteiger charge is -1.98. The van der Waals surface area contributed by atoms with Crippen molar-refractivity contribution in [2.24, 2.45) is 0 Å². The quantitative estimate of drug-likeness (QED) is 0.725. The van der Waals surface area contributed by atoms with E-state index in [1.165, 1.54) is 0 Å². The van der Waals surface area contributed by atoms with Gasteiger partial charge in [-0.05, 0) is 12.1 Å². The molecule has 1 aromatic heterocycles. The molecule has 0 saturated heterocycles. The highest BCUT2D eigenvalue weighted by molar-refractivity contribution is 5.96. The highest BCUT2D eigenvalue weighted by atomic mass is 16.1. The number of carbonyl (C=O) groups excluding carboxylic acids is 1. The normalized spacial score (nSPS) is 10.2. The first-order chi connectivity index (χ1) is 9.33. The number of aromatic amines is 1. The Kier molecular flexibility index (Phi) is 4.31. The fourth-order valence-electron chi connectivity index (χ4n) is 2.12. The molecule has 0 saturated carbocycles. The van der Waals surface area contributed by atoms with Gasteiger partial charge in [-0.3, -0.25) is 4.79 Å². The summed E-state index contributed by atoms with van der Waals surface area (Å²) in [6, 6.07) is 17.3. The van der Waals surface area contributed by atoms with Crippen molar-refractivity contribution >= 4 is 16.8 Å². The van der Waals surface area contributed by atoms with Crippen LogP contribution in [-0.4, -0.2) is 15.8 Å². The molecule has 3 heteroatoms. The first kappa shape index (κ1) is 14.0. The molecule has 0 spiro atoms. The summed E-state index contributed by atoms with van der Waals surface area (Å²) >= 11 is 0. The number of imidazole rings is 1.